The molecule has 0 unspecified atom stereocenters. The molecule has 1 fully saturated rings. The van der Waals surface area contributed by atoms with Crippen molar-refractivity contribution in [1.82, 2.24) is 14.9 Å². The van der Waals surface area contributed by atoms with Crippen molar-refractivity contribution in [1.29, 1.82) is 0 Å². The minimum atomic E-state index is 0.918. The smallest absolute Gasteiger partial charge is 0.142 e. The first-order valence-electron chi connectivity index (χ1n) is 5.35. The van der Waals surface area contributed by atoms with Crippen LogP contribution in [0.2, 0.25) is 0 Å². The van der Waals surface area contributed by atoms with Gasteiger partial charge in [0.1, 0.15) is 5.82 Å². The molecule has 2 rings (SSSR count). The van der Waals surface area contributed by atoms with E-state index >= 15 is 0 Å². The SMILES string of the molecule is CC.Cc1ccnc(CN2CCC2)n1. The van der Waals surface area contributed by atoms with Gasteiger partial charge in [-0.3, -0.25) is 4.90 Å². The molecule has 1 saturated heterocycles. The van der Waals surface area contributed by atoms with Crippen LogP contribution >= 0.6 is 0 Å². The molecular weight excluding hydrogens is 174 g/mol. The van der Waals surface area contributed by atoms with Crippen LogP contribution in [-0.2, 0) is 6.54 Å². The van der Waals surface area contributed by atoms with Crippen molar-refractivity contribution in [2.24, 2.45) is 0 Å². The third-order valence-corrected chi connectivity index (χ3v) is 2.16. The standard InChI is InChI=1S/C9H13N3.C2H6/c1-8-3-4-10-9(11-8)7-12-5-2-6-12;1-2/h3-4H,2,5-7H2,1H3;1-2H3. The van der Waals surface area contributed by atoms with Crippen molar-refractivity contribution < 1.29 is 0 Å². The number of aromatic nitrogens is 2. The summed E-state index contributed by atoms with van der Waals surface area (Å²) < 4.78 is 0. The summed E-state index contributed by atoms with van der Waals surface area (Å²) in [6.45, 7) is 9.33. The molecule has 1 aliphatic rings. The van der Waals surface area contributed by atoms with Gasteiger partial charge in [-0.05, 0) is 32.5 Å². The number of rotatable bonds is 2. The van der Waals surface area contributed by atoms with Crippen molar-refractivity contribution >= 4 is 0 Å². The largest absolute Gasteiger partial charge is 0.296 e. The van der Waals surface area contributed by atoms with Crippen LogP contribution in [0.5, 0.6) is 0 Å². The molecule has 0 amide bonds. The summed E-state index contributed by atoms with van der Waals surface area (Å²) in [4.78, 5) is 10.9. The average Bonchev–Trinajstić information content (AvgIpc) is 2.15. The fourth-order valence-corrected chi connectivity index (χ4v) is 1.32. The van der Waals surface area contributed by atoms with Gasteiger partial charge in [-0.1, -0.05) is 13.8 Å². The Morgan fingerprint density at radius 2 is 2.07 bits per heavy atom. The number of likely N-dealkylation sites (tertiary alicyclic amines) is 1. The lowest BCUT2D eigenvalue weighted by Gasteiger charge is -2.29. The second-order valence-corrected chi connectivity index (χ2v) is 3.24. The minimum absolute atomic E-state index is 0.918. The van der Waals surface area contributed by atoms with E-state index in [0.717, 1.165) is 18.1 Å². The molecule has 0 spiro atoms. The molecule has 1 aromatic rings. The van der Waals surface area contributed by atoms with Gasteiger partial charge in [-0.2, -0.15) is 0 Å². The van der Waals surface area contributed by atoms with Gasteiger partial charge in [-0.15, -0.1) is 0 Å². The minimum Gasteiger partial charge on any atom is -0.296 e. The zero-order valence-electron chi connectivity index (χ0n) is 9.32. The Morgan fingerprint density at radius 3 is 2.57 bits per heavy atom. The van der Waals surface area contributed by atoms with Crippen molar-refractivity contribution in [3.05, 3.63) is 23.8 Å². The first kappa shape index (κ1) is 11.1. The molecule has 0 N–H and O–H groups in total. The van der Waals surface area contributed by atoms with Gasteiger partial charge in [0.15, 0.2) is 0 Å². The molecule has 0 bridgehead atoms. The maximum Gasteiger partial charge on any atom is 0.142 e. The lowest BCUT2D eigenvalue weighted by molar-refractivity contribution is 0.168. The van der Waals surface area contributed by atoms with Gasteiger partial charge in [0.25, 0.3) is 0 Å². The van der Waals surface area contributed by atoms with E-state index in [0.29, 0.717) is 0 Å². The molecule has 0 aliphatic carbocycles. The number of hydrogen-bond acceptors (Lipinski definition) is 3. The predicted molar refractivity (Wildman–Crippen MR) is 58.0 cm³/mol. The Balaban J connectivity index is 0.000000461. The van der Waals surface area contributed by atoms with Gasteiger partial charge in [0, 0.05) is 11.9 Å². The summed E-state index contributed by atoms with van der Waals surface area (Å²) in [7, 11) is 0. The molecule has 3 nitrogen and oxygen atoms in total. The maximum absolute atomic E-state index is 4.34. The van der Waals surface area contributed by atoms with Gasteiger partial charge < -0.3 is 0 Å². The molecule has 1 aromatic heterocycles. The Labute approximate surface area is 86.2 Å². The lowest BCUT2D eigenvalue weighted by Crippen LogP contribution is -2.36. The number of nitrogens with zero attached hydrogens (tertiary/aromatic N) is 3. The van der Waals surface area contributed by atoms with Crippen molar-refractivity contribution in [2.45, 2.75) is 33.7 Å². The van der Waals surface area contributed by atoms with Gasteiger partial charge in [0.2, 0.25) is 0 Å². The summed E-state index contributed by atoms with van der Waals surface area (Å²) in [6.07, 6.45) is 3.16. The normalized spacial score (nSPS) is 15.4. The van der Waals surface area contributed by atoms with Crippen LogP contribution in [-0.4, -0.2) is 28.0 Å². The van der Waals surface area contributed by atoms with Crippen molar-refractivity contribution in [3.63, 3.8) is 0 Å². The second kappa shape index (κ2) is 5.70. The molecule has 78 valence electrons. The first-order chi connectivity index (χ1) is 6.84. The topological polar surface area (TPSA) is 29.0 Å². The summed E-state index contributed by atoms with van der Waals surface area (Å²) in [5, 5.41) is 0. The predicted octanol–water partition coefficient (Wildman–Crippen LogP) is 2.02. The van der Waals surface area contributed by atoms with Gasteiger partial charge in [0.05, 0.1) is 6.54 Å². The van der Waals surface area contributed by atoms with Gasteiger partial charge >= 0.3 is 0 Å². The Kier molecular flexibility index (Phi) is 4.53. The number of aryl methyl sites for hydroxylation is 1. The zero-order chi connectivity index (χ0) is 10.4. The molecule has 0 radical (unpaired) electrons. The van der Waals surface area contributed by atoms with E-state index in [4.69, 9.17) is 0 Å². The van der Waals surface area contributed by atoms with Gasteiger partial charge in [-0.25, -0.2) is 9.97 Å². The third-order valence-electron chi connectivity index (χ3n) is 2.16. The zero-order valence-corrected chi connectivity index (χ0v) is 9.32. The number of hydrogen-bond donors (Lipinski definition) is 0. The highest BCUT2D eigenvalue weighted by Crippen LogP contribution is 2.08. The van der Waals surface area contributed by atoms with Crippen LogP contribution in [0, 0.1) is 6.92 Å². The third kappa shape index (κ3) is 3.07. The van der Waals surface area contributed by atoms with E-state index in [1.54, 1.807) is 0 Å². The van der Waals surface area contributed by atoms with Crippen LogP contribution in [0.3, 0.4) is 0 Å². The molecule has 14 heavy (non-hydrogen) atoms. The van der Waals surface area contributed by atoms with Crippen LogP contribution in [0.25, 0.3) is 0 Å². The molecular formula is C11H19N3. The van der Waals surface area contributed by atoms with Crippen LogP contribution in [0.4, 0.5) is 0 Å². The van der Waals surface area contributed by atoms with Crippen LogP contribution in [0.1, 0.15) is 31.8 Å². The molecule has 3 heteroatoms. The summed E-state index contributed by atoms with van der Waals surface area (Å²) in [5.41, 5.74) is 1.06. The Morgan fingerprint density at radius 1 is 1.36 bits per heavy atom. The van der Waals surface area contributed by atoms with E-state index in [2.05, 4.69) is 14.9 Å². The lowest BCUT2D eigenvalue weighted by atomic mass is 10.2. The molecule has 0 aromatic carbocycles. The van der Waals surface area contributed by atoms with Crippen LogP contribution in [0.15, 0.2) is 12.3 Å². The molecule has 0 atom stereocenters. The highest BCUT2D eigenvalue weighted by atomic mass is 15.2. The highest BCUT2D eigenvalue weighted by Gasteiger charge is 2.14. The highest BCUT2D eigenvalue weighted by molar-refractivity contribution is 4.99. The maximum atomic E-state index is 4.34. The van der Waals surface area contributed by atoms with Crippen molar-refractivity contribution in [2.75, 3.05) is 13.1 Å². The molecule has 1 aliphatic heterocycles. The van der Waals surface area contributed by atoms with E-state index in [-0.39, 0.29) is 0 Å². The average molecular weight is 193 g/mol. The fraction of sp³-hybridized carbons (Fsp3) is 0.636. The first-order valence-corrected chi connectivity index (χ1v) is 5.35. The van der Waals surface area contributed by atoms with Crippen LogP contribution < -0.4 is 0 Å². The summed E-state index contributed by atoms with van der Waals surface area (Å²) in [5.74, 6) is 0.953. The fourth-order valence-electron chi connectivity index (χ4n) is 1.32. The molecule has 0 saturated carbocycles. The Bertz CT molecular complexity index is 269. The summed E-state index contributed by atoms with van der Waals surface area (Å²) >= 11 is 0. The quantitative estimate of drug-likeness (QED) is 0.719. The Hall–Kier alpha value is -0.960. The molecule has 2 heterocycles. The monoisotopic (exact) mass is 193 g/mol. The summed E-state index contributed by atoms with van der Waals surface area (Å²) in [6, 6.07) is 1.93. The van der Waals surface area contributed by atoms with E-state index < -0.39 is 0 Å². The van der Waals surface area contributed by atoms with E-state index in [1.807, 2.05) is 33.0 Å². The van der Waals surface area contributed by atoms with E-state index in [1.165, 1.54) is 19.5 Å². The van der Waals surface area contributed by atoms with E-state index in [9.17, 15) is 0 Å². The second-order valence-electron chi connectivity index (χ2n) is 3.24. The van der Waals surface area contributed by atoms with Crippen molar-refractivity contribution in [3.8, 4) is 0 Å².